The Balaban J connectivity index is 3.80. The number of primary amides is 1. The average Bonchev–Trinajstić information content (AvgIpc) is 1.67. The van der Waals surface area contributed by atoms with Crippen molar-refractivity contribution >= 4 is 17.7 Å². The zero-order valence-electron chi connectivity index (χ0n) is 4.55. The molecule has 1 amide bonds. The van der Waals surface area contributed by atoms with Gasteiger partial charge >= 0.3 is 0 Å². The molecule has 0 fully saturated rings. The lowest BCUT2D eigenvalue weighted by molar-refractivity contribution is -0.114. The number of thioether (sulfide) groups is 1. The average molecular weight is 132 g/mol. The maximum absolute atomic E-state index is 10.1. The molecule has 0 heterocycles. The molecule has 0 unspecified atom stereocenters. The summed E-state index contributed by atoms with van der Waals surface area (Å²) in [5, 5.41) is 1.50. The number of amides is 1. The summed E-state index contributed by atoms with van der Waals surface area (Å²) in [6.07, 6.45) is 1.80. The summed E-state index contributed by atoms with van der Waals surface area (Å²) in [6, 6.07) is 0. The minimum Gasteiger partial charge on any atom is -0.394 e. The van der Waals surface area contributed by atoms with Gasteiger partial charge in [0.2, 0.25) is 0 Å². The van der Waals surface area contributed by atoms with E-state index in [2.05, 4.69) is 0 Å². The van der Waals surface area contributed by atoms with Gasteiger partial charge in [-0.3, -0.25) is 4.79 Å². The van der Waals surface area contributed by atoms with E-state index in [1.54, 1.807) is 6.26 Å². The SMILES string of the molecule is CS/C=C(\N)C(N)=O. The van der Waals surface area contributed by atoms with E-state index in [0.29, 0.717) is 0 Å². The fraction of sp³-hybridized carbons (Fsp3) is 0.250. The molecule has 0 aromatic heterocycles. The van der Waals surface area contributed by atoms with Crippen LogP contribution >= 0.6 is 11.8 Å². The molecule has 0 rings (SSSR count). The number of nitrogens with two attached hydrogens (primary N) is 2. The van der Waals surface area contributed by atoms with Gasteiger partial charge in [-0.15, -0.1) is 11.8 Å². The topological polar surface area (TPSA) is 69.1 Å². The van der Waals surface area contributed by atoms with E-state index < -0.39 is 5.91 Å². The maximum atomic E-state index is 10.1. The Bertz CT molecular complexity index is 121. The molecule has 0 radical (unpaired) electrons. The molecule has 0 atom stereocenters. The van der Waals surface area contributed by atoms with Crippen molar-refractivity contribution < 1.29 is 4.79 Å². The molecule has 0 aliphatic rings. The van der Waals surface area contributed by atoms with Crippen LogP contribution in [-0.2, 0) is 4.79 Å². The highest BCUT2D eigenvalue weighted by molar-refractivity contribution is 8.01. The third-order valence-electron chi connectivity index (χ3n) is 0.529. The Hall–Kier alpha value is -0.640. The molecule has 4 heteroatoms. The molecule has 3 nitrogen and oxygen atoms in total. The fourth-order valence-electron chi connectivity index (χ4n) is 0.185. The van der Waals surface area contributed by atoms with Gasteiger partial charge in [-0.2, -0.15) is 0 Å². The van der Waals surface area contributed by atoms with E-state index >= 15 is 0 Å². The first-order valence-electron chi connectivity index (χ1n) is 1.96. The van der Waals surface area contributed by atoms with Crippen LogP contribution in [0.5, 0.6) is 0 Å². The highest BCUT2D eigenvalue weighted by Crippen LogP contribution is 1.95. The summed E-state index contributed by atoms with van der Waals surface area (Å²) < 4.78 is 0. The van der Waals surface area contributed by atoms with Crippen LogP contribution < -0.4 is 11.5 Å². The standard InChI is InChI=1S/C4H8N2OS/c1-8-2-3(5)4(6)7/h2H,5H2,1H3,(H2,6,7)/b3-2-. The number of rotatable bonds is 2. The lowest BCUT2D eigenvalue weighted by Crippen LogP contribution is -2.19. The van der Waals surface area contributed by atoms with Crippen molar-refractivity contribution in [3.8, 4) is 0 Å². The second kappa shape index (κ2) is 3.37. The quantitative estimate of drug-likeness (QED) is 0.504. The molecular formula is C4H8N2OS. The van der Waals surface area contributed by atoms with E-state index in [9.17, 15) is 4.79 Å². The van der Waals surface area contributed by atoms with Crippen LogP contribution in [-0.4, -0.2) is 12.2 Å². The van der Waals surface area contributed by atoms with Crippen molar-refractivity contribution in [2.75, 3.05) is 6.26 Å². The Morgan fingerprint density at radius 3 is 2.25 bits per heavy atom. The number of hydrogen-bond donors (Lipinski definition) is 2. The number of hydrogen-bond acceptors (Lipinski definition) is 3. The van der Waals surface area contributed by atoms with Gasteiger partial charge in [0.1, 0.15) is 5.70 Å². The van der Waals surface area contributed by atoms with E-state index in [1.807, 2.05) is 0 Å². The molecule has 0 aliphatic carbocycles. The minimum absolute atomic E-state index is 0.109. The first kappa shape index (κ1) is 7.36. The van der Waals surface area contributed by atoms with E-state index in [1.165, 1.54) is 17.2 Å². The van der Waals surface area contributed by atoms with E-state index in [-0.39, 0.29) is 5.70 Å². The van der Waals surface area contributed by atoms with Crippen molar-refractivity contribution in [3.63, 3.8) is 0 Å². The smallest absolute Gasteiger partial charge is 0.265 e. The largest absolute Gasteiger partial charge is 0.394 e. The van der Waals surface area contributed by atoms with Crippen molar-refractivity contribution in [1.82, 2.24) is 0 Å². The summed E-state index contributed by atoms with van der Waals surface area (Å²) in [5.74, 6) is -0.570. The summed E-state index contributed by atoms with van der Waals surface area (Å²) in [6.45, 7) is 0. The number of carbonyl (C=O) groups is 1. The summed E-state index contributed by atoms with van der Waals surface area (Å²) in [5.41, 5.74) is 9.98. The molecule has 0 aromatic rings. The van der Waals surface area contributed by atoms with Crippen molar-refractivity contribution in [2.24, 2.45) is 11.5 Å². The molecule has 0 saturated heterocycles. The van der Waals surface area contributed by atoms with Crippen LogP contribution in [0.15, 0.2) is 11.1 Å². The Morgan fingerprint density at radius 2 is 2.12 bits per heavy atom. The predicted molar refractivity (Wildman–Crippen MR) is 35.0 cm³/mol. The normalized spacial score (nSPS) is 11.4. The Labute approximate surface area is 52.1 Å². The van der Waals surface area contributed by atoms with Crippen LogP contribution in [0.1, 0.15) is 0 Å². The minimum atomic E-state index is -0.570. The molecule has 46 valence electrons. The monoisotopic (exact) mass is 132 g/mol. The lowest BCUT2D eigenvalue weighted by atomic mass is 10.5. The molecule has 0 saturated carbocycles. The molecule has 8 heavy (non-hydrogen) atoms. The van der Waals surface area contributed by atoms with E-state index in [0.717, 1.165) is 0 Å². The molecule has 0 aliphatic heterocycles. The fourth-order valence-corrected chi connectivity index (χ4v) is 0.555. The zero-order valence-corrected chi connectivity index (χ0v) is 5.37. The zero-order chi connectivity index (χ0) is 6.57. The third-order valence-corrected chi connectivity index (χ3v) is 1.02. The molecule has 4 N–H and O–H groups in total. The van der Waals surface area contributed by atoms with Crippen LogP contribution in [0, 0.1) is 0 Å². The highest BCUT2D eigenvalue weighted by atomic mass is 32.2. The highest BCUT2D eigenvalue weighted by Gasteiger charge is 1.93. The van der Waals surface area contributed by atoms with Crippen LogP contribution in [0.25, 0.3) is 0 Å². The summed E-state index contributed by atoms with van der Waals surface area (Å²) in [7, 11) is 0. The van der Waals surface area contributed by atoms with Gasteiger partial charge in [-0.05, 0) is 11.7 Å². The van der Waals surface area contributed by atoms with Gasteiger partial charge in [0, 0.05) is 0 Å². The predicted octanol–water partition coefficient (Wildman–Crippen LogP) is -0.365. The molecule has 0 bridgehead atoms. The van der Waals surface area contributed by atoms with Gasteiger partial charge in [-0.1, -0.05) is 0 Å². The summed E-state index contributed by atoms with van der Waals surface area (Å²) in [4.78, 5) is 10.1. The first-order valence-corrected chi connectivity index (χ1v) is 3.25. The summed E-state index contributed by atoms with van der Waals surface area (Å²) >= 11 is 1.35. The molecule has 0 spiro atoms. The Kier molecular flexibility index (Phi) is 3.10. The van der Waals surface area contributed by atoms with Crippen molar-refractivity contribution in [2.45, 2.75) is 0 Å². The van der Waals surface area contributed by atoms with Crippen molar-refractivity contribution in [1.29, 1.82) is 0 Å². The van der Waals surface area contributed by atoms with Gasteiger partial charge in [0.25, 0.3) is 5.91 Å². The molecule has 0 aromatic carbocycles. The second-order valence-corrected chi connectivity index (χ2v) is 1.88. The van der Waals surface area contributed by atoms with Crippen LogP contribution in [0.4, 0.5) is 0 Å². The number of carbonyl (C=O) groups excluding carboxylic acids is 1. The second-order valence-electron chi connectivity index (χ2n) is 1.17. The Morgan fingerprint density at radius 1 is 1.62 bits per heavy atom. The van der Waals surface area contributed by atoms with Gasteiger partial charge < -0.3 is 11.5 Å². The van der Waals surface area contributed by atoms with Crippen LogP contribution in [0.2, 0.25) is 0 Å². The van der Waals surface area contributed by atoms with Crippen LogP contribution in [0.3, 0.4) is 0 Å². The van der Waals surface area contributed by atoms with Gasteiger partial charge in [0.15, 0.2) is 0 Å². The molecular weight excluding hydrogens is 124 g/mol. The first-order chi connectivity index (χ1) is 3.68. The van der Waals surface area contributed by atoms with Crippen molar-refractivity contribution in [3.05, 3.63) is 11.1 Å². The lowest BCUT2D eigenvalue weighted by Gasteiger charge is -1.88. The van der Waals surface area contributed by atoms with E-state index in [4.69, 9.17) is 11.5 Å². The van der Waals surface area contributed by atoms with Gasteiger partial charge in [-0.25, -0.2) is 0 Å². The maximum Gasteiger partial charge on any atom is 0.265 e. The van der Waals surface area contributed by atoms with Gasteiger partial charge in [0.05, 0.1) is 0 Å². The third kappa shape index (κ3) is 2.52.